The highest BCUT2D eigenvalue weighted by Gasteiger charge is 2.12. The predicted molar refractivity (Wildman–Crippen MR) is 79.0 cm³/mol. The molecular formula is C12H7Br2ClN2O. The molecule has 0 aliphatic heterocycles. The molecule has 0 unspecified atom stereocenters. The van der Waals surface area contributed by atoms with Gasteiger partial charge in [0.25, 0.3) is 5.91 Å². The number of carbonyl (C=O) groups excluding carboxylic acids is 1. The van der Waals surface area contributed by atoms with E-state index in [-0.39, 0.29) is 5.91 Å². The molecule has 0 saturated heterocycles. The number of hydrogen-bond donors (Lipinski definition) is 1. The molecule has 0 spiro atoms. The second-order valence-electron chi connectivity index (χ2n) is 3.43. The molecule has 0 atom stereocenters. The molecule has 18 heavy (non-hydrogen) atoms. The average molecular weight is 390 g/mol. The van der Waals surface area contributed by atoms with Gasteiger partial charge in [-0.2, -0.15) is 0 Å². The molecule has 1 aromatic carbocycles. The first-order chi connectivity index (χ1) is 8.58. The van der Waals surface area contributed by atoms with Crippen molar-refractivity contribution >= 4 is 55.1 Å². The van der Waals surface area contributed by atoms with E-state index in [9.17, 15) is 4.79 Å². The van der Waals surface area contributed by atoms with Crippen LogP contribution in [0.15, 0.2) is 45.6 Å². The first-order valence-electron chi connectivity index (χ1n) is 4.94. The van der Waals surface area contributed by atoms with Gasteiger partial charge in [0.15, 0.2) is 0 Å². The number of nitrogens with zero attached hydrogens (tertiary/aromatic N) is 1. The van der Waals surface area contributed by atoms with Crippen molar-refractivity contribution in [1.29, 1.82) is 0 Å². The largest absolute Gasteiger partial charge is 0.321 e. The van der Waals surface area contributed by atoms with E-state index < -0.39 is 0 Å². The van der Waals surface area contributed by atoms with E-state index in [2.05, 4.69) is 42.2 Å². The normalized spacial score (nSPS) is 10.2. The van der Waals surface area contributed by atoms with Gasteiger partial charge < -0.3 is 5.32 Å². The van der Waals surface area contributed by atoms with Gasteiger partial charge in [0.2, 0.25) is 0 Å². The van der Waals surface area contributed by atoms with Gasteiger partial charge in [-0.15, -0.1) is 0 Å². The molecule has 1 amide bonds. The van der Waals surface area contributed by atoms with Gasteiger partial charge >= 0.3 is 0 Å². The van der Waals surface area contributed by atoms with Gasteiger partial charge in [0.1, 0.15) is 0 Å². The van der Waals surface area contributed by atoms with E-state index in [4.69, 9.17) is 11.6 Å². The van der Waals surface area contributed by atoms with Crippen LogP contribution >= 0.6 is 43.5 Å². The lowest BCUT2D eigenvalue weighted by Gasteiger charge is -2.08. The maximum atomic E-state index is 12.0. The molecule has 1 aromatic heterocycles. The molecule has 3 nitrogen and oxygen atoms in total. The van der Waals surface area contributed by atoms with Gasteiger partial charge in [-0.1, -0.05) is 27.5 Å². The zero-order chi connectivity index (χ0) is 13.1. The van der Waals surface area contributed by atoms with Gasteiger partial charge in [-0.25, -0.2) is 0 Å². The minimum Gasteiger partial charge on any atom is -0.321 e. The molecule has 1 heterocycles. The Bertz CT molecular complexity index is 604. The van der Waals surface area contributed by atoms with E-state index in [0.717, 1.165) is 4.47 Å². The van der Waals surface area contributed by atoms with Crippen molar-refractivity contribution in [3.63, 3.8) is 0 Å². The summed E-state index contributed by atoms with van der Waals surface area (Å²) >= 11 is 12.6. The van der Waals surface area contributed by atoms with E-state index in [1.807, 2.05) is 0 Å². The Kier molecular flexibility index (Phi) is 4.37. The first kappa shape index (κ1) is 13.5. The number of pyridine rings is 1. The smallest absolute Gasteiger partial charge is 0.257 e. The van der Waals surface area contributed by atoms with Crippen LogP contribution in [0.3, 0.4) is 0 Å². The standard InChI is InChI=1S/C12H7Br2ClN2O/c13-7-1-2-8(10(15)5-7)12(18)17-11-3-4-16-6-9(11)14/h1-6H,(H,16,17,18). The highest BCUT2D eigenvalue weighted by Crippen LogP contribution is 2.24. The van der Waals surface area contributed by atoms with E-state index >= 15 is 0 Å². The zero-order valence-corrected chi connectivity index (χ0v) is 12.9. The molecule has 0 aliphatic carbocycles. The third-order valence-electron chi connectivity index (χ3n) is 2.20. The number of aromatic nitrogens is 1. The number of amides is 1. The molecule has 0 fully saturated rings. The summed E-state index contributed by atoms with van der Waals surface area (Å²) in [5.41, 5.74) is 1.07. The van der Waals surface area contributed by atoms with Crippen molar-refractivity contribution in [2.24, 2.45) is 0 Å². The Labute approximate surface area is 126 Å². The van der Waals surface area contributed by atoms with Crippen LogP contribution in [0.4, 0.5) is 5.69 Å². The maximum absolute atomic E-state index is 12.0. The van der Waals surface area contributed by atoms with Crippen LogP contribution in [0.25, 0.3) is 0 Å². The number of benzene rings is 1. The number of halogens is 3. The second kappa shape index (κ2) is 5.82. The Balaban J connectivity index is 2.25. The lowest BCUT2D eigenvalue weighted by atomic mass is 10.2. The first-order valence-corrected chi connectivity index (χ1v) is 6.90. The van der Waals surface area contributed by atoms with Gasteiger partial charge in [-0.3, -0.25) is 9.78 Å². The van der Waals surface area contributed by atoms with Crippen molar-refractivity contribution in [3.8, 4) is 0 Å². The third-order valence-corrected chi connectivity index (χ3v) is 3.63. The number of hydrogen-bond acceptors (Lipinski definition) is 2. The Morgan fingerprint density at radius 1 is 1.28 bits per heavy atom. The van der Waals surface area contributed by atoms with Crippen LogP contribution in [0.5, 0.6) is 0 Å². The minimum absolute atomic E-state index is 0.264. The fraction of sp³-hybridized carbons (Fsp3) is 0. The fourth-order valence-electron chi connectivity index (χ4n) is 1.34. The van der Waals surface area contributed by atoms with Crippen LogP contribution in [0, 0.1) is 0 Å². The molecular weight excluding hydrogens is 383 g/mol. The van der Waals surface area contributed by atoms with Crippen molar-refractivity contribution < 1.29 is 4.79 Å². The average Bonchev–Trinajstić information content (AvgIpc) is 2.32. The van der Waals surface area contributed by atoms with Gasteiger partial charge in [-0.05, 0) is 40.2 Å². The van der Waals surface area contributed by atoms with Crippen LogP contribution in [-0.4, -0.2) is 10.9 Å². The Morgan fingerprint density at radius 2 is 2.06 bits per heavy atom. The van der Waals surface area contributed by atoms with Gasteiger partial charge in [0, 0.05) is 16.9 Å². The van der Waals surface area contributed by atoms with E-state index in [1.54, 1.807) is 36.7 Å². The highest BCUT2D eigenvalue weighted by molar-refractivity contribution is 9.10. The van der Waals surface area contributed by atoms with E-state index in [0.29, 0.717) is 20.7 Å². The molecule has 0 bridgehead atoms. The topological polar surface area (TPSA) is 42.0 Å². The molecule has 92 valence electrons. The molecule has 0 aliphatic rings. The molecule has 2 aromatic rings. The number of nitrogens with one attached hydrogen (secondary N) is 1. The highest BCUT2D eigenvalue weighted by atomic mass is 79.9. The Hall–Kier alpha value is -0.910. The number of carbonyl (C=O) groups is 1. The van der Waals surface area contributed by atoms with Crippen LogP contribution < -0.4 is 5.32 Å². The minimum atomic E-state index is -0.264. The van der Waals surface area contributed by atoms with Crippen molar-refractivity contribution in [2.75, 3.05) is 5.32 Å². The SMILES string of the molecule is O=C(Nc1ccncc1Br)c1ccc(Br)cc1Cl. The van der Waals surface area contributed by atoms with Crippen molar-refractivity contribution in [3.05, 3.63) is 56.2 Å². The summed E-state index contributed by atoms with van der Waals surface area (Å²) in [6.45, 7) is 0. The van der Waals surface area contributed by atoms with Crippen molar-refractivity contribution in [2.45, 2.75) is 0 Å². The second-order valence-corrected chi connectivity index (χ2v) is 5.61. The van der Waals surface area contributed by atoms with Crippen LogP contribution in [-0.2, 0) is 0 Å². The summed E-state index contributed by atoms with van der Waals surface area (Å²) in [5.74, 6) is -0.264. The lowest BCUT2D eigenvalue weighted by Crippen LogP contribution is -2.12. The molecule has 6 heteroatoms. The summed E-state index contributed by atoms with van der Waals surface area (Å²) in [7, 11) is 0. The molecule has 0 saturated carbocycles. The fourth-order valence-corrected chi connectivity index (χ4v) is 2.45. The monoisotopic (exact) mass is 388 g/mol. The number of rotatable bonds is 2. The quantitative estimate of drug-likeness (QED) is 0.820. The van der Waals surface area contributed by atoms with E-state index in [1.165, 1.54) is 0 Å². The molecule has 0 radical (unpaired) electrons. The lowest BCUT2D eigenvalue weighted by molar-refractivity contribution is 0.102. The molecule has 2 rings (SSSR count). The maximum Gasteiger partial charge on any atom is 0.257 e. The van der Waals surface area contributed by atoms with Gasteiger partial charge in [0.05, 0.1) is 20.7 Å². The Morgan fingerprint density at radius 3 is 2.72 bits per heavy atom. The summed E-state index contributed by atoms with van der Waals surface area (Å²) < 4.78 is 1.54. The third kappa shape index (κ3) is 3.10. The summed E-state index contributed by atoms with van der Waals surface area (Å²) in [4.78, 5) is 16.0. The predicted octanol–water partition coefficient (Wildman–Crippen LogP) is 4.51. The van der Waals surface area contributed by atoms with Crippen molar-refractivity contribution in [1.82, 2.24) is 4.98 Å². The summed E-state index contributed by atoms with van der Waals surface area (Å²) in [5, 5.41) is 3.16. The van der Waals surface area contributed by atoms with Crippen LogP contribution in [0.2, 0.25) is 5.02 Å². The number of anilines is 1. The summed E-state index contributed by atoms with van der Waals surface area (Å²) in [6, 6.07) is 6.81. The summed E-state index contributed by atoms with van der Waals surface area (Å²) in [6.07, 6.45) is 3.21. The zero-order valence-electron chi connectivity index (χ0n) is 8.95. The van der Waals surface area contributed by atoms with Crippen LogP contribution in [0.1, 0.15) is 10.4 Å². The molecule has 1 N–H and O–H groups in total.